The second-order valence-corrected chi connectivity index (χ2v) is 14.0. The maximum absolute atomic E-state index is 14.2. The smallest absolute Gasteiger partial charge is 0.202 e. The molecular weight excluding hydrogens is 784 g/mol. The van der Waals surface area contributed by atoms with Gasteiger partial charge >= 0.3 is 0 Å². The number of hydrogen-bond donors (Lipinski definition) is 10. The molecule has 16 nitrogen and oxygen atoms in total. The zero-order chi connectivity index (χ0) is 42.0. The van der Waals surface area contributed by atoms with Gasteiger partial charge in [0.05, 0.1) is 25.7 Å². The molecule has 298 valence electrons. The number of aliphatic hydroxyl groups excluding tert-OH is 2. The third-order valence-electron chi connectivity index (χ3n) is 10.9. The molecule has 10 aromatic rings. The Balaban J connectivity index is 1.31. The molecule has 10 N–H and O–H groups in total. The van der Waals surface area contributed by atoms with E-state index in [1.807, 2.05) is 0 Å². The van der Waals surface area contributed by atoms with Crippen LogP contribution in [0.3, 0.4) is 0 Å². The minimum atomic E-state index is -0.864. The summed E-state index contributed by atoms with van der Waals surface area (Å²) in [6.45, 7) is -1.62. The molecule has 0 bridgehead atoms. The van der Waals surface area contributed by atoms with Gasteiger partial charge in [-0.25, -0.2) is 0 Å². The van der Waals surface area contributed by atoms with Crippen LogP contribution in [-0.4, -0.2) is 51.1 Å². The Hall–Kier alpha value is -8.34. The van der Waals surface area contributed by atoms with Crippen LogP contribution in [0.1, 0.15) is 11.1 Å². The van der Waals surface area contributed by atoms with E-state index in [0.717, 1.165) is 12.1 Å². The maximum Gasteiger partial charge on any atom is 0.202 e. The summed E-state index contributed by atoms with van der Waals surface area (Å²) in [5.74, 6) is -5.29. The number of phenols is 8. The molecule has 0 aliphatic rings. The van der Waals surface area contributed by atoms with E-state index in [1.54, 1.807) is 0 Å². The van der Waals surface area contributed by atoms with Crippen molar-refractivity contribution in [3.05, 3.63) is 105 Å². The van der Waals surface area contributed by atoms with Crippen LogP contribution >= 0.6 is 0 Å². The molecular formula is C44H26O16. The molecule has 0 atom stereocenters. The molecule has 4 heterocycles. The van der Waals surface area contributed by atoms with Gasteiger partial charge in [0, 0.05) is 67.1 Å². The summed E-state index contributed by atoms with van der Waals surface area (Å²) in [5.41, 5.74) is -3.46. The van der Waals surface area contributed by atoms with E-state index in [9.17, 15) is 60.7 Å². The largest absolute Gasteiger partial charge is 0.508 e. The van der Waals surface area contributed by atoms with Crippen LogP contribution in [0.5, 0.6) is 46.0 Å². The van der Waals surface area contributed by atoms with Gasteiger partial charge in [0.2, 0.25) is 11.5 Å². The highest BCUT2D eigenvalue weighted by Crippen LogP contribution is 2.53. The predicted octanol–water partition coefficient (Wildman–Crippen LogP) is 7.33. The van der Waals surface area contributed by atoms with Crippen molar-refractivity contribution >= 4 is 65.4 Å². The number of hydrogen-bond acceptors (Lipinski definition) is 16. The Morgan fingerprint density at radius 2 is 0.800 bits per heavy atom. The zero-order valence-electron chi connectivity index (χ0n) is 30.3. The summed E-state index contributed by atoms with van der Waals surface area (Å²) in [6, 6.07) is 12.5. The quantitative estimate of drug-likeness (QED) is 0.0601. The van der Waals surface area contributed by atoms with Gasteiger partial charge in [-0.2, -0.15) is 0 Å². The van der Waals surface area contributed by atoms with Gasteiger partial charge in [0.1, 0.15) is 56.5 Å². The molecule has 0 saturated heterocycles. The Kier molecular flexibility index (Phi) is 7.55. The molecule has 60 heavy (non-hydrogen) atoms. The number of aliphatic hydroxyl groups is 2. The van der Waals surface area contributed by atoms with Gasteiger partial charge in [-0.15, -0.1) is 0 Å². The van der Waals surface area contributed by atoms with E-state index < -0.39 is 69.3 Å². The van der Waals surface area contributed by atoms with Crippen LogP contribution < -0.4 is 10.9 Å². The van der Waals surface area contributed by atoms with Crippen molar-refractivity contribution in [2.24, 2.45) is 0 Å². The Labute approximate surface area is 331 Å². The van der Waals surface area contributed by atoms with E-state index in [0.29, 0.717) is 0 Å². The number of phenolic OH excluding ortho intramolecular Hbond substituents is 6. The number of rotatable bonds is 5. The van der Waals surface area contributed by atoms with E-state index in [4.69, 9.17) is 17.7 Å². The molecule has 0 unspecified atom stereocenters. The minimum Gasteiger partial charge on any atom is -0.508 e. The lowest BCUT2D eigenvalue weighted by molar-refractivity contribution is 0.273. The standard InChI is InChI=1S/C44H26O16/c45-13-23-29(19-5-7-57-43(19)39(55)35(23)51)27-11-25(49)33-37(53)31(17-3-1-15(47)9-21(17)41(33)59-27)32-18-4-2-16(48)10-22(18)42-34(38(32)54)26(50)12-28(60-42)30-20-6-8-58-44(20)40(56)36(52)24(30)14-46/h1-12,45-48,51-56H,13-14H2. The van der Waals surface area contributed by atoms with Crippen molar-refractivity contribution in [3.63, 3.8) is 0 Å². The summed E-state index contributed by atoms with van der Waals surface area (Å²) < 4.78 is 23.3. The average Bonchev–Trinajstić information content (AvgIpc) is 3.92. The van der Waals surface area contributed by atoms with E-state index >= 15 is 0 Å². The first-order chi connectivity index (χ1) is 28.8. The van der Waals surface area contributed by atoms with Crippen LogP contribution in [0.2, 0.25) is 0 Å². The lowest BCUT2D eigenvalue weighted by Gasteiger charge is -2.19. The van der Waals surface area contributed by atoms with Crippen LogP contribution in [0.15, 0.2) is 100 Å². The van der Waals surface area contributed by atoms with E-state index in [2.05, 4.69) is 0 Å². The van der Waals surface area contributed by atoms with Gasteiger partial charge in [0.25, 0.3) is 0 Å². The summed E-state index contributed by atoms with van der Waals surface area (Å²) >= 11 is 0. The van der Waals surface area contributed by atoms with Gasteiger partial charge in [-0.1, -0.05) is 0 Å². The molecule has 0 aliphatic heterocycles. The Morgan fingerprint density at radius 3 is 1.18 bits per heavy atom. The topological polar surface area (TPSA) is 289 Å². The molecule has 10 rings (SSSR count). The summed E-state index contributed by atoms with van der Waals surface area (Å²) in [5, 5.41) is 109. The summed E-state index contributed by atoms with van der Waals surface area (Å²) in [4.78, 5) is 28.5. The first kappa shape index (κ1) is 36.0. The van der Waals surface area contributed by atoms with Gasteiger partial charge in [-0.3, -0.25) is 9.59 Å². The molecule has 16 heteroatoms. The monoisotopic (exact) mass is 810 g/mol. The fourth-order valence-corrected chi connectivity index (χ4v) is 8.26. The van der Waals surface area contributed by atoms with Crippen LogP contribution in [0, 0.1) is 0 Å². The fourth-order valence-electron chi connectivity index (χ4n) is 8.26. The van der Waals surface area contributed by atoms with Gasteiger partial charge < -0.3 is 68.7 Å². The first-order valence-electron chi connectivity index (χ1n) is 17.9. The SMILES string of the molecule is O=c1cc(-c2c(CO)c(O)c(O)c3occc23)oc2c1c(O)c(-c1c(O)c3c(=O)cc(-c4c(CO)c(O)c(O)c5occc45)oc3c3cc(O)ccc13)c1ccc(O)cc12. The summed E-state index contributed by atoms with van der Waals surface area (Å²) in [6.07, 6.45) is 2.42. The third kappa shape index (κ3) is 4.73. The van der Waals surface area contributed by atoms with Crippen LogP contribution in [0.25, 0.3) is 99.2 Å². The first-order valence-corrected chi connectivity index (χ1v) is 17.9. The van der Waals surface area contributed by atoms with Gasteiger partial charge in [-0.05, 0) is 59.3 Å². The number of aromatic hydroxyl groups is 8. The molecule has 4 aromatic heterocycles. The lowest BCUT2D eigenvalue weighted by Crippen LogP contribution is -2.05. The average molecular weight is 811 g/mol. The summed E-state index contributed by atoms with van der Waals surface area (Å²) in [7, 11) is 0. The lowest BCUT2D eigenvalue weighted by atomic mass is 9.88. The van der Waals surface area contributed by atoms with Crippen molar-refractivity contribution in [3.8, 4) is 79.8 Å². The van der Waals surface area contributed by atoms with Crippen molar-refractivity contribution in [2.75, 3.05) is 0 Å². The second kappa shape index (κ2) is 12.6. The minimum absolute atomic E-state index is 0.0152. The highest BCUT2D eigenvalue weighted by Gasteiger charge is 2.31. The van der Waals surface area contributed by atoms with Crippen molar-refractivity contribution in [1.82, 2.24) is 0 Å². The van der Waals surface area contributed by atoms with Gasteiger partial charge in [0.15, 0.2) is 33.5 Å². The van der Waals surface area contributed by atoms with Crippen molar-refractivity contribution in [1.29, 1.82) is 0 Å². The molecule has 0 saturated carbocycles. The van der Waals surface area contributed by atoms with Crippen LogP contribution in [-0.2, 0) is 13.2 Å². The fraction of sp³-hybridized carbons (Fsp3) is 0.0455. The number of fused-ring (bicyclic) bond motifs is 8. The predicted molar refractivity (Wildman–Crippen MR) is 215 cm³/mol. The normalized spacial score (nSPS) is 12.0. The highest BCUT2D eigenvalue weighted by molar-refractivity contribution is 6.23. The Bertz CT molecular complexity index is 3420. The van der Waals surface area contributed by atoms with Crippen molar-refractivity contribution < 1.29 is 68.7 Å². The van der Waals surface area contributed by atoms with E-state index in [1.165, 1.54) is 61.1 Å². The number of furan rings is 2. The van der Waals surface area contributed by atoms with Crippen molar-refractivity contribution in [2.45, 2.75) is 13.2 Å². The molecule has 0 aliphatic carbocycles. The molecule has 6 aromatic carbocycles. The maximum atomic E-state index is 14.2. The van der Waals surface area contributed by atoms with E-state index in [-0.39, 0.29) is 111 Å². The highest BCUT2D eigenvalue weighted by atomic mass is 16.4. The Morgan fingerprint density at radius 1 is 0.400 bits per heavy atom. The molecule has 0 fully saturated rings. The molecule has 0 amide bonds. The van der Waals surface area contributed by atoms with Crippen LogP contribution in [0.4, 0.5) is 0 Å². The molecule has 0 radical (unpaired) electrons. The number of benzene rings is 6. The zero-order valence-corrected chi connectivity index (χ0v) is 30.3. The molecule has 0 spiro atoms. The second-order valence-electron chi connectivity index (χ2n) is 14.0. The third-order valence-corrected chi connectivity index (χ3v) is 10.9.